The SMILES string of the molecule is CCOc1ccc(C(=O)OCC(=O)NCc2ccc(N(C)C)cc2)cc1. The molecule has 0 atom stereocenters. The molecule has 0 saturated heterocycles. The fourth-order valence-electron chi connectivity index (χ4n) is 2.23. The van der Waals surface area contributed by atoms with Gasteiger partial charge in [-0.2, -0.15) is 0 Å². The van der Waals surface area contributed by atoms with Gasteiger partial charge in [-0.3, -0.25) is 4.79 Å². The second-order valence-electron chi connectivity index (χ2n) is 5.87. The topological polar surface area (TPSA) is 67.9 Å². The number of benzene rings is 2. The Kier molecular flexibility index (Phi) is 7.02. The van der Waals surface area contributed by atoms with E-state index in [4.69, 9.17) is 9.47 Å². The maximum absolute atomic E-state index is 11.9. The molecule has 0 aliphatic rings. The Morgan fingerprint density at radius 3 is 2.23 bits per heavy atom. The third-order valence-electron chi connectivity index (χ3n) is 3.68. The number of amides is 1. The van der Waals surface area contributed by atoms with Gasteiger partial charge < -0.3 is 19.7 Å². The number of hydrogen-bond donors (Lipinski definition) is 1. The molecule has 26 heavy (non-hydrogen) atoms. The molecule has 0 fully saturated rings. The molecular weight excluding hydrogens is 332 g/mol. The molecule has 0 radical (unpaired) electrons. The highest BCUT2D eigenvalue weighted by atomic mass is 16.5. The third kappa shape index (κ3) is 5.81. The lowest BCUT2D eigenvalue weighted by molar-refractivity contribution is -0.124. The monoisotopic (exact) mass is 356 g/mol. The molecule has 0 bridgehead atoms. The molecule has 2 aromatic rings. The Labute approximate surface area is 153 Å². The molecule has 0 unspecified atom stereocenters. The quantitative estimate of drug-likeness (QED) is 0.737. The highest BCUT2D eigenvalue weighted by molar-refractivity contribution is 5.91. The molecule has 0 saturated carbocycles. The molecule has 2 aromatic carbocycles. The lowest BCUT2D eigenvalue weighted by Gasteiger charge is -2.13. The summed E-state index contributed by atoms with van der Waals surface area (Å²) >= 11 is 0. The second-order valence-corrected chi connectivity index (χ2v) is 5.87. The van der Waals surface area contributed by atoms with E-state index in [9.17, 15) is 9.59 Å². The normalized spacial score (nSPS) is 10.1. The summed E-state index contributed by atoms with van der Waals surface area (Å²) in [5.74, 6) is -0.207. The zero-order valence-electron chi connectivity index (χ0n) is 15.3. The van der Waals surface area contributed by atoms with Crippen LogP contribution in [0, 0.1) is 0 Å². The van der Waals surface area contributed by atoms with Crippen LogP contribution in [0.15, 0.2) is 48.5 Å². The van der Waals surface area contributed by atoms with Crippen LogP contribution in [-0.2, 0) is 16.1 Å². The van der Waals surface area contributed by atoms with Crippen molar-refractivity contribution in [2.24, 2.45) is 0 Å². The van der Waals surface area contributed by atoms with Crippen LogP contribution in [0.4, 0.5) is 5.69 Å². The zero-order valence-corrected chi connectivity index (χ0v) is 15.3. The molecule has 0 aliphatic heterocycles. The van der Waals surface area contributed by atoms with Crippen LogP contribution in [-0.4, -0.2) is 39.2 Å². The van der Waals surface area contributed by atoms with E-state index in [2.05, 4.69) is 5.32 Å². The third-order valence-corrected chi connectivity index (χ3v) is 3.68. The van der Waals surface area contributed by atoms with E-state index in [0.717, 1.165) is 11.3 Å². The maximum atomic E-state index is 11.9. The summed E-state index contributed by atoms with van der Waals surface area (Å²) in [6.45, 7) is 2.51. The summed E-state index contributed by atoms with van der Waals surface area (Å²) in [4.78, 5) is 25.8. The van der Waals surface area contributed by atoms with Crippen molar-refractivity contribution in [1.29, 1.82) is 0 Å². The zero-order chi connectivity index (χ0) is 18.9. The van der Waals surface area contributed by atoms with Crippen LogP contribution in [0.3, 0.4) is 0 Å². The number of carbonyl (C=O) groups excluding carboxylic acids is 2. The van der Waals surface area contributed by atoms with Crippen molar-refractivity contribution < 1.29 is 19.1 Å². The molecule has 0 aliphatic carbocycles. The molecule has 6 nitrogen and oxygen atoms in total. The first kappa shape index (κ1) is 19.3. The Morgan fingerprint density at radius 1 is 1.00 bits per heavy atom. The van der Waals surface area contributed by atoms with E-state index >= 15 is 0 Å². The first-order valence-electron chi connectivity index (χ1n) is 8.42. The van der Waals surface area contributed by atoms with Gasteiger partial charge in [-0.25, -0.2) is 4.79 Å². The molecule has 138 valence electrons. The number of esters is 1. The number of anilines is 1. The first-order valence-corrected chi connectivity index (χ1v) is 8.42. The van der Waals surface area contributed by atoms with Crippen molar-refractivity contribution in [3.63, 3.8) is 0 Å². The molecule has 1 N–H and O–H groups in total. The van der Waals surface area contributed by atoms with Crippen LogP contribution in [0.1, 0.15) is 22.8 Å². The largest absolute Gasteiger partial charge is 0.494 e. The summed E-state index contributed by atoms with van der Waals surface area (Å²) in [6.07, 6.45) is 0. The highest BCUT2D eigenvalue weighted by Gasteiger charge is 2.10. The Morgan fingerprint density at radius 2 is 1.65 bits per heavy atom. The van der Waals surface area contributed by atoms with Crippen molar-refractivity contribution in [3.05, 3.63) is 59.7 Å². The molecule has 1 amide bonds. The molecular formula is C20H24N2O4. The number of rotatable bonds is 8. The Hall–Kier alpha value is -3.02. The van der Waals surface area contributed by atoms with Crippen molar-refractivity contribution >= 4 is 17.6 Å². The number of ether oxygens (including phenoxy) is 2. The summed E-state index contributed by atoms with van der Waals surface area (Å²) in [5.41, 5.74) is 2.44. The van der Waals surface area contributed by atoms with Crippen molar-refractivity contribution in [2.45, 2.75) is 13.5 Å². The van der Waals surface area contributed by atoms with Crippen LogP contribution in [0.2, 0.25) is 0 Å². The first-order chi connectivity index (χ1) is 12.5. The van der Waals surface area contributed by atoms with Crippen LogP contribution >= 0.6 is 0 Å². The van der Waals surface area contributed by atoms with Gasteiger partial charge >= 0.3 is 5.97 Å². The number of carbonyl (C=O) groups is 2. The van der Waals surface area contributed by atoms with E-state index < -0.39 is 5.97 Å². The summed E-state index contributed by atoms with van der Waals surface area (Å²) in [6, 6.07) is 14.5. The fraction of sp³-hybridized carbons (Fsp3) is 0.300. The predicted octanol–water partition coefficient (Wildman–Crippen LogP) is 2.62. The molecule has 2 rings (SSSR count). The van der Waals surface area contributed by atoms with Gasteiger partial charge in [0.25, 0.3) is 5.91 Å². The molecule has 0 spiro atoms. The van der Waals surface area contributed by atoms with E-state index in [-0.39, 0.29) is 12.5 Å². The van der Waals surface area contributed by atoms with Crippen LogP contribution < -0.4 is 15.0 Å². The van der Waals surface area contributed by atoms with Gasteiger partial charge in [-0.05, 0) is 48.9 Å². The smallest absolute Gasteiger partial charge is 0.338 e. The minimum absolute atomic E-state index is 0.318. The maximum Gasteiger partial charge on any atom is 0.338 e. The Balaban J connectivity index is 1.76. The number of nitrogens with one attached hydrogen (secondary N) is 1. The van der Waals surface area contributed by atoms with Crippen LogP contribution in [0.5, 0.6) is 5.75 Å². The van der Waals surface area contributed by atoms with E-state index in [1.807, 2.05) is 50.2 Å². The van der Waals surface area contributed by atoms with Crippen molar-refractivity contribution in [1.82, 2.24) is 5.32 Å². The second kappa shape index (κ2) is 9.46. The van der Waals surface area contributed by atoms with Crippen molar-refractivity contribution in [3.8, 4) is 5.75 Å². The van der Waals surface area contributed by atoms with E-state index in [1.165, 1.54) is 0 Å². The molecule has 0 heterocycles. The summed E-state index contributed by atoms with van der Waals surface area (Å²) in [5, 5.41) is 2.73. The molecule has 6 heteroatoms. The van der Waals surface area contributed by atoms with Gasteiger partial charge in [0.15, 0.2) is 6.61 Å². The predicted molar refractivity (Wildman–Crippen MR) is 101 cm³/mol. The minimum atomic E-state index is -0.543. The van der Waals surface area contributed by atoms with E-state index in [0.29, 0.717) is 24.5 Å². The van der Waals surface area contributed by atoms with E-state index in [1.54, 1.807) is 24.3 Å². The number of nitrogens with zero attached hydrogens (tertiary/aromatic N) is 1. The molecule has 0 aromatic heterocycles. The average Bonchev–Trinajstić information content (AvgIpc) is 2.65. The van der Waals surface area contributed by atoms with Gasteiger partial charge in [-0.15, -0.1) is 0 Å². The van der Waals surface area contributed by atoms with Crippen molar-refractivity contribution in [2.75, 3.05) is 32.2 Å². The van der Waals surface area contributed by atoms with Gasteiger partial charge in [-0.1, -0.05) is 12.1 Å². The lowest BCUT2D eigenvalue weighted by atomic mass is 10.2. The van der Waals surface area contributed by atoms with Gasteiger partial charge in [0.1, 0.15) is 5.75 Å². The Bertz CT molecular complexity index is 724. The van der Waals surface area contributed by atoms with Gasteiger partial charge in [0.05, 0.1) is 12.2 Å². The fourth-order valence-corrected chi connectivity index (χ4v) is 2.23. The summed E-state index contributed by atoms with van der Waals surface area (Å²) < 4.78 is 10.3. The summed E-state index contributed by atoms with van der Waals surface area (Å²) in [7, 11) is 3.94. The van der Waals surface area contributed by atoms with Gasteiger partial charge in [0.2, 0.25) is 0 Å². The van der Waals surface area contributed by atoms with Gasteiger partial charge in [0, 0.05) is 26.3 Å². The standard InChI is InChI=1S/C20H24N2O4/c1-4-25-18-11-7-16(8-12-18)20(24)26-14-19(23)21-13-15-5-9-17(10-6-15)22(2)3/h5-12H,4,13-14H2,1-3H3,(H,21,23). The minimum Gasteiger partial charge on any atom is -0.494 e. The number of hydrogen-bond acceptors (Lipinski definition) is 5. The highest BCUT2D eigenvalue weighted by Crippen LogP contribution is 2.13. The lowest BCUT2D eigenvalue weighted by Crippen LogP contribution is -2.28. The van der Waals surface area contributed by atoms with Crippen LogP contribution in [0.25, 0.3) is 0 Å². The average molecular weight is 356 g/mol.